The summed E-state index contributed by atoms with van der Waals surface area (Å²) >= 11 is 0. The van der Waals surface area contributed by atoms with Crippen LogP contribution in [0.4, 0.5) is 0 Å². The number of benzene rings is 8. The molecule has 4 heterocycles. The Labute approximate surface area is 372 Å². The minimum absolute atomic E-state index is 0. The quantitative estimate of drug-likeness (QED) is 0.100. The second kappa shape index (κ2) is 14.1. The first kappa shape index (κ1) is 38.1. The minimum atomic E-state index is 0. The van der Waals surface area contributed by atoms with E-state index in [-0.39, 0.29) is 20.4 Å². The Morgan fingerprint density at radius 1 is 0.419 bits per heavy atom. The van der Waals surface area contributed by atoms with Crippen molar-refractivity contribution in [2.24, 2.45) is 0 Å². The average molecular weight is 891 g/mol. The molecule has 62 heavy (non-hydrogen) atoms. The SMILES string of the molecule is Cc1cc(C)c(-c2ccc3c(c2)c2ccc(Oc4[c-]c5c(cc4)c4cc(-c6c(C)cc(C)cc6C)ccc4n4c6ccccc6nc54)[c-]c2c2nc4ccccc4n32)c(C)c1.[Pd+2]. The van der Waals surface area contributed by atoms with Crippen LogP contribution in [0.2, 0.25) is 0 Å². The smallest absolute Gasteiger partial charge is 0.497 e. The first-order valence-electron chi connectivity index (χ1n) is 20.9. The molecule has 4 aromatic heterocycles. The third kappa shape index (κ3) is 5.71. The van der Waals surface area contributed by atoms with E-state index in [2.05, 4.69) is 172 Å². The van der Waals surface area contributed by atoms with Crippen LogP contribution in [-0.4, -0.2) is 18.8 Å². The molecule has 0 atom stereocenters. The number of fused-ring (bicyclic) bond motifs is 16. The molecule has 5 nitrogen and oxygen atoms in total. The van der Waals surface area contributed by atoms with E-state index in [0.29, 0.717) is 11.5 Å². The third-order valence-electron chi connectivity index (χ3n) is 12.6. The van der Waals surface area contributed by atoms with Gasteiger partial charge in [0.25, 0.3) is 0 Å². The monoisotopic (exact) mass is 890 g/mol. The number of pyridine rings is 2. The van der Waals surface area contributed by atoms with Gasteiger partial charge in [-0.15, -0.1) is 12.1 Å². The van der Waals surface area contributed by atoms with Crippen molar-refractivity contribution >= 4 is 76.7 Å². The van der Waals surface area contributed by atoms with Gasteiger partial charge in [0.15, 0.2) is 0 Å². The molecule has 0 radical (unpaired) electrons. The van der Waals surface area contributed by atoms with Crippen LogP contribution in [0.25, 0.3) is 99.0 Å². The summed E-state index contributed by atoms with van der Waals surface area (Å²) in [4.78, 5) is 10.4. The van der Waals surface area contributed by atoms with Crippen molar-refractivity contribution in [3.63, 3.8) is 0 Å². The molecule has 0 unspecified atom stereocenters. The Morgan fingerprint density at radius 2 is 0.823 bits per heavy atom. The van der Waals surface area contributed by atoms with E-state index < -0.39 is 0 Å². The molecule has 0 amide bonds. The van der Waals surface area contributed by atoms with E-state index in [4.69, 9.17) is 14.7 Å². The molecule has 0 aliphatic rings. The van der Waals surface area contributed by atoms with Gasteiger partial charge in [-0.25, -0.2) is 0 Å². The van der Waals surface area contributed by atoms with E-state index in [0.717, 1.165) is 76.7 Å². The van der Waals surface area contributed by atoms with Crippen LogP contribution in [0.3, 0.4) is 0 Å². The minimum Gasteiger partial charge on any atom is -0.497 e. The van der Waals surface area contributed by atoms with Crippen LogP contribution in [-0.2, 0) is 20.4 Å². The predicted octanol–water partition coefficient (Wildman–Crippen LogP) is 14.5. The molecular formula is C56H40N4OPd. The molecule has 6 heteroatoms. The van der Waals surface area contributed by atoms with E-state index in [1.54, 1.807) is 0 Å². The van der Waals surface area contributed by atoms with Crippen LogP contribution >= 0.6 is 0 Å². The number of hydrogen-bond donors (Lipinski definition) is 0. The molecule has 0 aliphatic carbocycles. The summed E-state index contributed by atoms with van der Waals surface area (Å²) in [5.74, 6) is 1.19. The summed E-state index contributed by atoms with van der Waals surface area (Å²) in [5, 5.41) is 6.22. The first-order chi connectivity index (χ1) is 29.7. The number of ether oxygens (including phenoxy) is 1. The van der Waals surface area contributed by atoms with Gasteiger partial charge in [0.05, 0.1) is 33.4 Å². The summed E-state index contributed by atoms with van der Waals surface area (Å²) in [5.41, 5.74) is 20.5. The fourth-order valence-electron chi connectivity index (χ4n) is 10.3. The second-order valence-electron chi connectivity index (χ2n) is 16.9. The Kier molecular flexibility index (Phi) is 8.67. The number of para-hydroxylation sites is 4. The normalized spacial score (nSPS) is 11.9. The van der Waals surface area contributed by atoms with Gasteiger partial charge in [-0.3, -0.25) is 9.97 Å². The number of rotatable bonds is 4. The predicted molar refractivity (Wildman–Crippen MR) is 252 cm³/mol. The van der Waals surface area contributed by atoms with Crippen molar-refractivity contribution in [3.8, 4) is 33.8 Å². The standard InChI is InChI=1S/C56H40N4O.Pd/c1-31-23-33(3)53(34(4)24-31)37-15-21-49-43(27-37)41-19-17-39(29-45(41)55-57-47-11-7-9-13-51(47)59(49)55)61-40-18-20-42-44-28-38(54-35(5)25-32(2)26-36(54)6)16-22-50(44)60-52-14-10-8-12-48(52)58-56(60)46(42)30-40;/h7-28H,1-6H3;/q-2;+2. The average Bonchev–Trinajstić information content (AvgIpc) is 3.83. The maximum absolute atomic E-state index is 6.75. The fourth-order valence-corrected chi connectivity index (χ4v) is 10.3. The van der Waals surface area contributed by atoms with Crippen molar-refractivity contribution < 1.29 is 25.2 Å². The summed E-state index contributed by atoms with van der Waals surface area (Å²) in [6.07, 6.45) is 0. The Bertz CT molecular complexity index is 3580. The molecule has 0 fully saturated rings. The van der Waals surface area contributed by atoms with Crippen LogP contribution in [0.1, 0.15) is 33.4 Å². The van der Waals surface area contributed by atoms with Gasteiger partial charge in [0.1, 0.15) is 0 Å². The van der Waals surface area contributed by atoms with Gasteiger partial charge >= 0.3 is 20.4 Å². The molecule has 12 rings (SSSR count). The topological polar surface area (TPSA) is 43.8 Å². The zero-order valence-electron chi connectivity index (χ0n) is 35.2. The second-order valence-corrected chi connectivity index (χ2v) is 16.9. The Morgan fingerprint density at radius 3 is 1.24 bits per heavy atom. The molecule has 0 saturated carbocycles. The molecule has 8 aromatic carbocycles. The summed E-state index contributed by atoms with van der Waals surface area (Å²) in [6.45, 7) is 13.1. The van der Waals surface area contributed by atoms with Gasteiger partial charge in [-0.05, 0) is 133 Å². The zero-order chi connectivity index (χ0) is 41.3. The molecular weight excluding hydrogens is 851 g/mol. The van der Waals surface area contributed by atoms with Crippen molar-refractivity contribution in [3.05, 3.63) is 179 Å². The molecule has 0 spiro atoms. The largest absolute Gasteiger partial charge is 2.00 e. The van der Waals surface area contributed by atoms with Crippen molar-refractivity contribution in [1.29, 1.82) is 0 Å². The van der Waals surface area contributed by atoms with Gasteiger partial charge in [0.2, 0.25) is 0 Å². The molecule has 0 aliphatic heterocycles. The number of imidazole rings is 2. The van der Waals surface area contributed by atoms with Gasteiger partial charge in [-0.2, -0.15) is 0 Å². The van der Waals surface area contributed by atoms with Crippen LogP contribution < -0.4 is 4.74 Å². The van der Waals surface area contributed by atoms with E-state index in [1.165, 1.54) is 55.6 Å². The maximum Gasteiger partial charge on any atom is 2.00 e. The zero-order valence-corrected chi connectivity index (χ0v) is 36.8. The molecule has 12 aromatic rings. The molecule has 0 saturated heterocycles. The fraction of sp³-hybridized carbons (Fsp3) is 0.107. The molecule has 0 N–H and O–H groups in total. The molecule has 0 bridgehead atoms. The van der Waals surface area contributed by atoms with Gasteiger partial charge in [-0.1, -0.05) is 130 Å². The molecule has 300 valence electrons. The maximum atomic E-state index is 6.75. The van der Waals surface area contributed by atoms with Crippen molar-refractivity contribution in [2.75, 3.05) is 0 Å². The van der Waals surface area contributed by atoms with Crippen molar-refractivity contribution in [2.45, 2.75) is 41.5 Å². The third-order valence-corrected chi connectivity index (χ3v) is 12.6. The summed E-state index contributed by atoms with van der Waals surface area (Å²) in [6, 6.07) is 55.1. The number of hydrogen-bond acceptors (Lipinski definition) is 3. The Balaban J connectivity index is 0.00000432. The summed E-state index contributed by atoms with van der Waals surface area (Å²) in [7, 11) is 0. The first-order valence-corrected chi connectivity index (χ1v) is 20.9. The van der Waals surface area contributed by atoms with Crippen molar-refractivity contribution in [1.82, 2.24) is 18.8 Å². The van der Waals surface area contributed by atoms with Crippen LogP contribution in [0.15, 0.2) is 133 Å². The van der Waals surface area contributed by atoms with Crippen LogP contribution in [0, 0.1) is 53.7 Å². The van der Waals surface area contributed by atoms with E-state index in [9.17, 15) is 0 Å². The Hall–Kier alpha value is -6.84. The van der Waals surface area contributed by atoms with Gasteiger partial charge in [0, 0.05) is 22.5 Å². The summed E-state index contributed by atoms with van der Waals surface area (Å²) < 4.78 is 11.3. The van der Waals surface area contributed by atoms with Gasteiger partial charge < -0.3 is 13.5 Å². The number of nitrogens with zero attached hydrogens (tertiary/aromatic N) is 4. The van der Waals surface area contributed by atoms with E-state index in [1.807, 2.05) is 24.3 Å². The van der Waals surface area contributed by atoms with Crippen LogP contribution in [0.5, 0.6) is 11.5 Å². The number of aryl methyl sites for hydroxylation is 6. The van der Waals surface area contributed by atoms with E-state index >= 15 is 0 Å². The number of aromatic nitrogens is 4.